The average Bonchev–Trinajstić information content (AvgIpc) is 4.26. The third-order valence-corrected chi connectivity index (χ3v) is 8.87. The van der Waals surface area contributed by atoms with Crippen LogP contribution in [0.3, 0.4) is 0 Å². The van der Waals surface area contributed by atoms with E-state index >= 15 is 0 Å². The van der Waals surface area contributed by atoms with Crippen molar-refractivity contribution >= 4 is 65.4 Å². The minimum Gasteiger partial charge on any atom is -0.309 e. The van der Waals surface area contributed by atoms with E-state index in [0.717, 1.165) is 25.8 Å². The third-order valence-electron chi connectivity index (χ3n) is 8.87. The average molecular weight is 692 g/mol. The summed E-state index contributed by atoms with van der Waals surface area (Å²) in [6, 6.07) is -21.3. The SMILES string of the molecule is [2H]c1cc2c(c([2H])c1[2H])c1c([2H])c(-n3c4c([2H])c([2H])c([2H])c([2H])c4c4c([2H])c(C)c([2H])c([2H])c43)c([2H])cc1n2-c1c([2H])c([2H])c([2H])c([2H])c1-c1c([2H])c([2H])c([2H])c([2H])c1-n1c2c([2H])c([2H])c([2H])c([2H])c2c2c([2H])c([2H])c([2H])c([2H])c21. The van der Waals surface area contributed by atoms with E-state index in [-0.39, 0.29) is 27.4 Å². The van der Waals surface area contributed by atoms with Crippen LogP contribution in [-0.4, -0.2) is 13.7 Å². The van der Waals surface area contributed by atoms with Gasteiger partial charge in [-0.3, -0.25) is 0 Å². The van der Waals surface area contributed by atoms with Crippen molar-refractivity contribution in [1.82, 2.24) is 13.7 Å². The number of fused-ring (bicyclic) bond motifs is 9. The standard InChI is InChI=1S/C49H33N3/c1-32-26-28-48-40(30-32)38-18-6-8-20-42(38)50(48)33-27-29-49-41(31-33)39-19-7-13-25-47(39)52(49)46-24-12-5-17-37(46)36-16-4-11-23-45(36)51-43-21-9-2-14-34(43)35-15-3-10-22-44(35)51/h2-31H,1H3/i2D,3D,4D,5D,6D,7D,8D,9D,10D,11D,12D,13D,14D,15D,16D,17D,18D,19D,20D,21D,22D,23D,24D,26D,27D,28D,30D,31D. The van der Waals surface area contributed by atoms with Gasteiger partial charge in [-0.05, 0) is 73.4 Å². The summed E-state index contributed by atoms with van der Waals surface area (Å²) in [4.78, 5) is 0. The Labute approximate surface area is 340 Å². The monoisotopic (exact) mass is 691 g/mol. The third kappa shape index (κ3) is 4.08. The lowest BCUT2D eigenvalue weighted by molar-refractivity contribution is 1.15. The van der Waals surface area contributed by atoms with Gasteiger partial charge >= 0.3 is 0 Å². The minimum atomic E-state index is -1.06. The van der Waals surface area contributed by atoms with Gasteiger partial charge < -0.3 is 13.7 Å². The lowest BCUT2D eigenvalue weighted by Gasteiger charge is -2.18. The van der Waals surface area contributed by atoms with Gasteiger partial charge in [-0.1, -0.05) is 120 Å². The van der Waals surface area contributed by atoms with Gasteiger partial charge in [0.1, 0.15) is 0 Å². The Bertz CT molecular complexity index is 4660. The summed E-state index contributed by atoms with van der Waals surface area (Å²) in [5.41, 5.74) is -6.76. The van der Waals surface area contributed by atoms with Crippen molar-refractivity contribution in [2.45, 2.75) is 6.92 Å². The fourth-order valence-corrected chi connectivity index (χ4v) is 6.78. The van der Waals surface area contributed by atoms with E-state index in [1.165, 1.54) is 6.92 Å². The predicted octanol–water partition coefficient (Wildman–Crippen LogP) is 13.0. The summed E-state index contributed by atoms with van der Waals surface area (Å²) in [7, 11) is 0. The fraction of sp³-hybridized carbons (Fsp3) is 0.0204. The molecule has 52 heavy (non-hydrogen) atoms. The van der Waals surface area contributed by atoms with Gasteiger partial charge in [-0.2, -0.15) is 0 Å². The van der Waals surface area contributed by atoms with E-state index in [1.807, 2.05) is 0 Å². The second kappa shape index (κ2) is 11.1. The molecule has 0 aliphatic heterocycles. The van der Waals surface area contributed by atoms with E-state index in [2.05, 4.69) is 0 Å². The van der Waals surface area contributed by atoms with E-state index in [4.69, 9.17) is 24.7 Å². The van der Waals surface area contributed by atoms with Crippen LogP contribution < -0.4 is 0 Å². The number of nitrogens with zero attached hydrogens (tertiary/aromatic N) is 3. The molecule has 0 atom stereocenters. The molecule has 0 saturated carbocycles. The fourth-order valence-electron chi connectivity index (χ4n) is 6.78. The van der Waals surface area contributed by atoms with Crippen LogP contribution >= 0.6 is 0 Å². The molecular formula is C49H33N3. The topological polar surface area (TPSA) is 14.8 Å². The second-order valence-corrected chi connectivity index (χ2v) is 11.7. The number of hydrogen-bond donors (Lipinski definition) is 0. The van der Waals surface area contributed by atoms with E-state index in [0.29, 0.717) is 0 Å². The van der Waals surface area contributed by atoms with E-state index in [9.17, 15) is 13.7 Å². The molecule has 0 unspecified atom stereocenters. The van der Waals surface area contributed by atoms with Crippen molar-refractivity contribution < 1.29 is 38.4 Å². The van der Waals surface area contributed by atoms with Gasteiger partial charge in [0.15, 0.2) is 0 Å². The highest BCUT2D eigenvalue weighted by Crippen LogP contribution is 2.41. The van der Waals surface area contributed by atoms with Crippen molar-refractivity contribution in [1.29, 1.82) is 0 Å². The first kappa shape index (κ1) is 12.7. The second-order valence-electron chi connectivity index (χ2n) is 11.7. The highest BCUT2D eigenvalue weighted by Gasteiger charge is 2.21. The number of aromatic nitrogens is 3. The molecule has 244 valence electrons. The molecule has 0 bridgehead atoms. The summed E-state index contributed by atoms with van der Waals surface area (Å²) in [5.74, 6) is 0. The molecule has 0 radical (unpaired) electrons. The van der Waals surface area contributed by atoms with Gasteiger partial charge in [0.25, 0.3) is 0 Å². The molecule has 0 aliphatic rings. The van der Waals surface area contributed by atoms with Crippen LogP contribution in [-0.2, 0) is 0 Å². The first-order valence-electron chi connectivity index (χ1n) is 29.7. The summed E-state index contributed by atoms with van der Waals surface area (Å²) in [5, 5.41) is -2.39. The van der Waals surface area contributed by atoms with Gasteiger partial charge in [0.05, 0.1) is 82.9 Å². The molecule has 0 saturated heterocycles. The van der Waals surface area contributed by atoms with Crippen LogP contribution in [0.5, 0.6) is 0 Å². The van der Waals surface area contributed by atoms with Crippen LogP contribution in [0, 0.1) is 6.92 Å². The van der Waals surface area contributed by atoms with Crippen LogP contribution in [0.15, 0.2) is 181 Å². The van der Waals surface area contributed by atoms with Crippen LogP contribution in [0.4, 0.5) is 0 Å². The van der Waals surface area contributed by atoms with E-state index in [1.54, 1.807) is 0 Å². The number of benzene rings is 8. The van der Waals surface area contributed by atoms with Gasteiger partial charge in [0.2, 0.25) is 0 Å². The summed E-state index contributed by atoms with van der Waals surface area (Å²) >= 11 is 0. The normalized spacial score (nSPS) is 19.5. The summed E-state index contributed by atoms with van der Waals surface area (Å²) < 4.78 is 258. The van der Waals surface area contributed by atoms with Crippen LogP contribution in [0.25, 0.3) is 93.6 Å². The molecule has 3 nitrogen and oxygen atoms in total. The zero-order valence-corrected chi connectivity index (χ0v) is 26.5. The van der Waals surface area contributed by atoms with Crippen molar-refractivity contribution in [3.8, 4) is 28.2 Å². The molecule has 0 amide bonds. The van der Waals surface area contributed by atoms with E-state index < -0.39 is 241 Å². The number of rotatable bonds is 4. The Hall–Kier alpha value is -6.84. The highest BCUT2D eigenvalue weighted by atomic mass is 15.0. The first-order chi connectivity index (χ1) is 37.4. The van der Waals surface area contributed by atoms with Crippen LogP contribution in [0.1, 0.15) is 43.9 Å². The zero-order chi connectivity index (χ0) is 58.7. The lowest BCUT2D eigenvalue weighted by atomic mass is 10.0. The number of hydrogen-bond acceptors (Lipinski definition) is 0. The summed E-state index contributed by atoms with van der Waals surface area (Å²) in [6.45, 7) is 1.36. The largest absolute Gasteiger partial charge is 0.309 e. The maximum atomic E-state index is 10.1. The summed E-state index contributed by atoms with van der Waals surface area (Å²) in [6.07, 6.45) is 0. The molecular weight excluding hydrogens is 631 g/mol. The molecule has 3 heterocycles. The first-order valence-corrected chi connectivity index (χ1v) is 15.7. The van der Waals surface area contributed by atoms with Crippen molar-refractivity contribution in [2.24, 2.45) is 0 Å². The van der Waals surface area contributed by atoms with Crippen LogP contribution in [0.2, 0.25) is 0 Å². The van der Waals surface area contributed by atoms with Crippen molar-refractivity contribution in [2.75, 3.05) is 0 Å². The minimum absolute atomic E-state index is 0.0423. The Morgan fingerprint density at radius 2 is 0.788 bits per heavy atom. The van der Waals surface area contributed by atoms with Crippen molar-refractivity contribution in [3.63, 3.8) is 0 Å². The Morgan fingerprint density at radius 3 is 1.44 bits per heavy atom. The van der Waals surface area contributed by atoms with Gasteiger partial charge in [-0.25, -0.2) is 0 Å². The molecule has 0 N–H and O–H groups in total. The van der Waals surface area contributed by atoms with Gasteiger partial charge in [-0.15, -0.1) is 0 Å². The molecule has 3 heteroatoms. The Morgan fingerprint density at radius 1 is 0.346 bits per heavy atom. The predicted molar refractivity (Wildman–Crippen MR) is 220 cm³/mol. The maximum absolute atomic E-state index is 10.1. The van der Waals surface area contributed by atoms with Crippen molar-refractivity contribution in [3.05, 3.63) is 187 Å². The molecule has 11 aromatic rings. The lowest BCUT2D eigenvalue weighted by Crippen LogP contribution is -2.01. The Balaban J connectivity index is 1.40. The molecule has 0 aliphatic carbocycles. The Kier molecular flexibility index (Phi) is 2.71. The maximum Gasteiger partial charge on any atom is 0.0652 e. The number of para-hydroxylation sites is 6. The quantitative estimate of drug-likeness (QED) is 0.174. The molecule has 0 fully saturated rings. The molecule has 0 spiro atoms. The molecule has 3 aromatic heterocycles. The smallest absolute Gasteiger partial charge is 0.0652 e. The highest BCUT2D eigenvalue weighted by molar-refractivity contribution is 6.13. The zero-order valence-electron chi connectivity index (χ0n) is 54.5. The molecule has 11 rings (SSSR count). The van der Waals surface area contributed by atoms with Gasteiger partial charge in [0, 0.05) is 49.1 Å². The molecule has 8 aromatic carbocycles.